The van der Waals surface area contributed by atoms with Gasteiger partial charge in [-0.05, 0) is 43.3 Å². The van der Waals surface area contributed by atoms with Gasteiger partial charge in [-0.25, -0.2) is 8.96 Å². The number of nitrogens with one attached hydrogen (secondary N) is 3. The van der Waals surface area contributed by atoms with Crippen LogP contribution in [0.25, 0.3) is 10.9 Å². The fraction of sp³-hybridized carbons (Fsp3) is 0.308. The van der Waals surface area contributed by atoms with Crippen LogP contribution in [0.5, 0.6) is 6.01 Å². The molecule has 5 N–H and O–H groups in total. The van der Waals surface area contributed by atoms with E-state index in [4.69, 9.17) is 14.5 Å². The molecule has 2 aromatic carbocycles. The van der Waals surface area contributed by atoms with Gasteiger partial charge in [0.25, 0.3) is 0 Å². The Labute approximate surface area is 235 Å². The summed E-state index contributed by atoms with van der Waals surface area (Å²) in [6.45, 7) is 3.88. The molecule has 13 nitrogen and oxygen atoms in total. The molecule has 0 saturated carbocycles. The number of rotatable bonds is 15. The number of carbonyl (C=O) groups is 1. The van der Waals surface area contributed by atoms with E-state index in [2.05, 4.69) is 35.3 Å². The highest BCUT2D eigenvalue weighted by atomic mass is 31.2. The highest BCUT2D eigenvalue weighted by Gasteiger charge is 2.15. The standard InChI is InChI=1S/C26H31FN7O6P/c1-2-34(12-14-40-41(36,37)38)11-6-13-39-26-29-22-10-4-3-9-21(22)25(31-26)30-23-16-20(32-33-23)17-24(35)28-19-8-5-7-18(27)15-19/h3-5,7-10,15-16H,2,6,11-14,17H2,1H3,(H,28,35)(H2,36,37,38)(H2,29,30,31,32,33). The molecule has 0 atom stereocenters. The van der Waals surface area contributed by atoms with Crippen molar-refractivity contribution < 1.29 is 32.8 Å². The molecule has 4 rings (SSSR count). The van der Waals surface area contributed by atoms with E-state index in [1.165, 1.54) is 18.2 Å². The van der Waals surface area contributed by atoms with Crippen molar-refractivity contribution in [3.8, 4) is 6.01 Å². The lowest BCUT2D eigenvalue weighted by molar-refractivity contribution is -0.115. The molecule has 0 radical (unpaired) electrons. The smallest absolute Gasteiger partial charge is 0.463 e. The first-order valence-corrected chi connectivity index (χ1v) is 14.4. The zero-order valence-corrected chi connectivity index (χ0v) is 23.2. The topological polar surface area (TPSA) is 175 Å². The summed E-state index contributed by atoms with van der Waals surface area (Å²) in [6, 6.07) is 14.9. The summed E-state index contributed by atoms with van der Waals surface area (Å²) in [6.07, 6.45) is 0.632. The minimum atomic E-state index is -4.48. The van der Waals surface area contributed by atoms with Gasteiger partial charge >= 0.3 is 13.8 Å². The second-order valence-corrected chi connectivity index (χ2v) is 10.2. The van der Waals surface area contributed by atoms with Gasteiger partial charge in [0.2, 0.25) is 5.91 Å². The van der Waals surface area contributed by atoms with Crippen LogP contribution in [-0.4, -0.2) is 73.6 Å². The molecule has 0 saturated heterocycles. The summed E-state index contributed by atoms with van der Waals surface area (Å²) < 4.78 is 34.6. The number of amides is 1. The number of ether oxygens (including phenoxy) is 1. The lowest BCUT2D eigenvalue weighted by Gasteiger charge is -2.20. The Hall–Kier alpha value is -3.94. The van der Waals surface area contributed by atoms with E-state index in [-0.39, 0.29) is 24.9 Å². The Balaban J connectivity index is 1.34. The third-order valence-corrected chi connectivity index (χ3v) is 6.40. The SMILES string of the molecule is CCN(CCCOc1nc(Nc2cc(CC(=O)Nc3cccc(F)c3)[nH]n2)c2ccccc2n1)CCOP(=O)(O)O. The van der Waals surface area contributed by atoms with Crippen molar-refractivity contribution in [2.45, 2.75) is 19.8 Å². The number of hydrogen-bond donors (Lipinski definition) is 5. The summed E-state index contributed by atoms with van der Waals surface area (Å²) >= 11 is 0. The molecule has 0 fully saturated rings. The summed E-state index contributed by atoms with van der Waals surface area (Å²) in [5.41, 5.74) is 1.57. The van der Waals surface area contributed by atoms with Crippen molar-refractivity contribution in [2.24, 2.45) is 0 Å². The first-order valence-electron chi connectivity index (χ1n) is 12.9. The van der Waals surface area contributed by atoms with Gasteiger partial charge in [0.1, 0.15) is 11.6 Å². The quantitative estimate of drug-likeness (QED) is 0.101. The maximum atomic E-state index is 13.4. The normalized spacial score (nSPS) is 11.6. The molecular weight excluding hydrogens is 556 g/mol. The minimum Gasteiger partial charge on any atom is -0.463 e. The van der Waals surface area contributed by atoms with Crippen LogP contribution in [0.3, 0.4) is 0 Å². The molecule has 4 aromatic rings. The van der Waals surface area contributed by atoms with Gasteiger partial charge in [-0.15, -0.1) is 0 Å². The molecule has 0 unspecified atom stereocenters. The molecule has 218 valence electrons. The number of aromatic amines is 1. The summed E-state index contributed by atoms with van der Waals surface area (Å²) in [5, 5.41) is 13.6. The number of benzene rings is 2. The van der Waals surface area contributed by atoms with Crippen molar-refractivity contribution in [1.29, 1.82) is 0 Å². The van der Waals surface area contributed by atoms with Crippen molar-refractivity contribution in [3.05, 3.63) is 66.1 Å². The van der Waals surface area contributed by atoms with Crippen LogP contribution in [-0.2, 0) is 20.3 Å². The second kappa shape index (κ2) is 14.1. The van der Waals surface area contributed by atoms with E-state index in [9.17, 15) is 13.8 Å². The molecule has 0 spiro atoms. The number of phosphoric ester groups is 1. The number of nitrogens with zero attached hydrogens (tertiary/aromatic N) is 4. The average Bonchev–Trinajstić information content (AvgIpc) is 3.35. The number of fused-ring (bicyclic) bond motifs is 1. The Morgan fingerprint density at radius 2 is 1.93 bits per heavy atom. The molecule has 15 heteroatoms. The van der Waals surface area contributed by atoms with Crippen molar-refractivity contribution >= 4 is 42.0 Å². The monoisotopic (exact) mass is 587 g/mol. The first-order chi connectivity index (χ1) is 19.7. The number of likely N-dealkylation sites (N-methyl/N-ethyl adjacent to an activating group) is 1. The minimum absolute atomic E-state index is 0.00426. The van der Waals surface area contributed by atoms with E-state index >= 15 is 0 Å². The number of halogens is 1. The Morgan fingerprint density at radius 3 is 2.71 bits per heavy atom. The van der Waals surface area contributed by atoms with E-state index in [1.807, 2.05) is 36.1 Å². The number of phosphoric acid groups is 1. The zero-order chi connectivity index (χ0) is 29.2. The second-order valence-electron chi connectivity index (χ2n) is 8.97. The molecule has 0 aliphatic rings. The van der Waals surface area contributed by atoms with Crippen LogP contribution in [0.1, 0.15) is 19.0 Å². The maximum Gasteiger partial charge on any atom is 0.469 e. The number of anilines is 3. The van der Waals surface area contributed by atoms with Gasteiger partial charge in [-0.2, -0.15) is 15.1 Å². The number of carbonyl (C=O) groups excluding carboxylic acids is 1. The average molecular weight is 588 g/mol. The van der Waals surface area contributed by atoms with E-state index in [1.54, 1.807) is 12.1 Å². The number of hydrogen-bond acceptors (Lipinski definition) is 9. The third kappa shape index (κ3) is 9.59. The van der Waals surface area contributed by atoms with Gasteiger partial charge in [0, 0.05) is 35.9 Å². The van der Waals surface area contributed by atoms with Crippen molar-refractivity contribution in [3.63, 3.8) is 0 Å². The van der Waals surface area contributed by atoms with Gasteiger partial charge in [-0.1, -0.05) is 25.1 Å². The number of H-pyrrole nitrogens is 1. The van der Waals surface area contributed by atoms with Crippen LogP contribution in [0.2, 0.25) is 0 Å². The molecule has 1 amide bonds. The van der Waals surface area contributed by atoms with Gasteiger partial charge < -0.3 is 30.1 Å². The highest BCUT2D eigenvalue weighted by Crippen LogP contribution is 2.35. The van der Waals surface area contributed by atoms with E-state index < -0.39 is 13.6 Å². The lowest BCUT2D eigenvalue weighted by atomic mass is 10.2. The van der Waals surface area contributed by atoms with Crippen LogP contribution >= 0.6 is 7.82 Å². The molecule has 0 bridgehead atoms. The molecule has 0 aliphatic carbocycles. The molecular formula is C26H31FN7O6P. The summed E-state index contributed by atoms with van der Waals surface area (Å²) in [5.74, 6) is 0.136. The molecule has 2 heterocycles. The van der Waals surface area contributed by atoms with E-state index in [0.717, 1.165) is 5.39 Å². The fourth-order valence-corrected chi connectivity index (χ4v) is 4.29. The van der Waals surface area contributed by atoms with Crippen LogP contribution < -0.4 is 15.4 Å². The van der Waals surface area contributed by atoms with Crippen LogP contribution in [0.4, 0.5) is 21.7 Å². The predicted octanol–water partition coefficient (Wildman–Crippen LogP) is 3.62. The Bertz CT molecular complexity index is 1510. The summed E-state index contributed by atoms with van der Waals surface area (Å²) in [7, 11) is -4.48. The Kier molecular flexibility index (Phi) is 10.3. The Morgan fingerprint density at radius 1 is 1.10 bits per heavy atom. The zero-order valence-electron chi connectivity index (χ0n) is 22.3. The van der Waals surface area contributed by atoms with Crippen molar-refractivity contribution in [1.82, 2.24) is 25.1 Å². The largest absolute Gasteiger partial charge is 0.469 e. The lowest BCUT2D eigenvalue weighted by Crippen LogP contribution is -2.29. The molecule has 0 aliphatic heterocycles. The van der Waals surface area contributed by atoms with Gasteiger partial charge in [0.05, 0.1) is 25.2 Å². The molecule has 2 aromatic heterocycles. The highest BCUT2D eigenvalue weighted by molar-refractivity contribution is 7.46. The number of para-hydroxylation sites is 1. The van der Waals surface area contributed by atoms with Crippen LogP contribution in [0, 0.1) is 5.82 Å². The van der Waals surface area contributed by atoms with Gasteiger partial charge in [-0.3, -0.25) is 14.4 Å². The first kappa shape index (κ1) is 30.0. The van der Waals surface area contributed by atoms with E-state index in [0.29, 0.717) is 61.2 Å². The predicted molar refractivity (Wildman–Crippen MR) is 150 cm³/mol. The number of aromatic nitrogens is 4. The van der Waals surface area contributed by atoms with Crippen LogP contribution in [0.15, 0.2) is 54.6 Å². The fourth-order valence-electron chi connectivity index (χ4n) is 3.97. The van der Waals surface area contributed by atoms with Crippen molar-refractivity contribution in [2.75, 3.05) is 43.5 Å². The molecule has 41 heavy (non-hydrogen) atoms. The third-order valence-electron chi connectivity index (χ3n) is 5.88. The maximum absolute atomic E-state index is 13.4. The van der Waals surface area contributed by atoms with Gasteiger partial charge in [0.15, 0.2) is 5.82 Å². The summed E-state index contributed by atoms with van der Waals surface area (Å²) in [4.78, 5) is 41.0.